The van der Waals surface area contributed by atoms with Gasteiger partial charge in [0.05, 0.1) is 17.9 Å². The molecule has 88 valence electrons. The molecule has 17 heavy (non-hydrogen) atoms. The molecule has 2 aromatic rings. The normalized spacial score (nSPS) is 18.7. The van der Waals surface area contributed by atoms with Crippen molar-refractivity contribution in [1.82, 2.24) is 10.2 Å². The third kappa shape index (κ3) is 1.86. The summed E-state index contributed by atoms with van der Waals surface area (Å²) in [6.45, 7) is 0. The van der Waals surface area contributed by atoms with Crippen molar-refractivity contribution in [3.8, 4) is 0 Å². The first-order valence-electron chi connectivity index (χ1n) is 5.98. The van der Waals surface area contributed by atoms with Crippen LogP contribution >= 0.6 is 0 Å². The monoisotopic (exact) mass is 228 g/mol. The number of fused-ring (bicyclic) bond motifs is 1. The molecule has 0 saturated carbocycles. The summed E-state index contributed by atoms with van der Waals surface area (Å²) in [5, 5.41) is 10.1. The second-order valence-electron chi connectivity index (χ2n) is 4.49. The Morgan fingerprint density at radius 3 is 3.06 bits per heavy atom. The summed E-state index contributed by atoms with van der Waals surface area (Å²) in [6.07, 6.45) is 5.27. The van der Waals surface area contributed by atoms with Crippen molar-refractivity contribution in [2.24, 2.45) is 0 Å². The van der Waals surface area contributed by atoms with Crippen molar-refractivity contribution < 1.29 is 0 Å². The molecule has 0 fully saturated rings. The fourth-order valence-corrected chi connectivity index (χ4v) is 2.50. The van der Waals surface area contributed by atoms with Crippen LogP contribution in [0.3, 0.4) is 0 Å². The highest BCUT2D eigenvalue weighted by atomic mass is 15.2. The van der Waals surface area contributed by atoms with E-state index in [1.165, 1.54) is 24.0 Å². The SMILES string of the molecule is Nc1[nH]ncc1NC1CCCc2ccccc21. The van der Waals surface area contributed by atoms with Crippen molar-refractivity contribution in [3.63, 3.8) is 0 Å². The van der Waals surface area contributed by atoms with Crippen molar-refractivity contribution in [2.45, 2.75) is 25.3 Å². The van der Waals surface area contributed by atoms with E-state index in [1.54, 1.807) is 6.20 Å². The predicted molar refractivity (Wildman–Crippen MR) is 68.7 cm³/mol. The minimum absolute atomic E-state index is 0.347. The van der Waals surface area contributed by atoms with E-state index in [9.17, 15) is 0 Å². The number of anilines is 2. The van der Waals surface area contributed by atoms with Crippen molar-refractivity contribution in [3.05, 3.63) is 41.6 Å². The Morgan fingerprint density at radius 2 is 2.24 bits per heavy atom. The Kier molecular flexibility index (Phi) is 2.48. The van der Waals surface area contributed by atoms with Gasteiger partial charge >= 0.3 is 0 Å². The Labute approximate surface area is 100 Å². The fourth-order valence-electron chi connectivity index (χ4n) is 2.50. The molecule has 0 bridgehead atoms. The molecule has 1 heterocycles. The first-order chi connectivity index (χ1) is 8.34. The lowest BCUT2D eigenvalue weighted by Crippen LogP contribution is -2.17. The number of rotatable bonds is 2. The van der Waals surface area contributed by atoms with Crippen molar-refractivity contribution >= 4 is 11.5 Å². The van der Waals surface area contributed by atoms with Gasteiger partial charge in [0.15, 0.2) is 0 Å². The van der Waals surface area contributed by atoms with Crippen LogP contribution in [0.2, 0.25) is 0 Å². The van der Waals surface area contributed by atoms with Gasteiger partial charge in [-0.1, -0.05) is 24.3 Å². The summed E-state index contributed by atoms with van der Waals surface area (Å²) in [7, 11) is 0. The summed E-state index contributed by atoms with van der Waals surface area (Å²) in [5.41, 5.74) is 9.52. The lowest BCUT2D eigenvalue weighted by molar-refractivity contribution is 0.600. The topological polar surface area (TPSA) is 66.7 Å². The van der Waals surface area contributed by atoms with Gasteiger partial charge < -0.3 is 11.1 Å². The maximum Gasteiger partial charge on any atom is 0.142 e. The molecule has 0 radical (unpaired) electrons. The van der Waals surface area contributed by atoms with Gasteiger partial charge in [0.25, 0.3) is 0 Å². The third-order valence-corrected chi connectivity index (χ3v) is 3.37. The number of nitrogens with one attached hydrogen (secondary N) is 2. The summed E-state index contributed by atoms with van der Waals surface area (Å²) >= 11 is 0. The largest absolute Gasteiger partial charge is 0.382 e. The van der Waals surface area contributed by atoms with Crippen LogP contribution in [0, 0.1) is 0 Å². The van der Waals surface area contributed by atoms with Gasteiger partial charge in [-0.05, 0) is 30.4 Å². The van der Waals surface area contributed by atoms with Crippen molar-refractivity contribution in [1.29, 1.82) is 0 Å². The zero-order valence-corrected chi connectivity index (χ0v) is 9.61. The van der Waals surface area contributed by atoms with Crippen LogP contribution in [0.15, 0.2) is 30.5 Å². The predicted octanol–water partition coefficient (Wildman–Crippen LogP) is 2.48. The Hall–Kier alpha value is -1.97. The number of nitrogen functional groups attached to an aromatic ring is 1. The van der Waals surface area contributed by atoms with E-state index >= 15 is 0 Å². The molecule has 0 saturated heterocycles. The van der Waals surface area contributed by atoms with Crippen LogP contribution in [0.5, 0.6) is 0 Å². The van der Waals surface area contributed by atoms with Gasteiger partial charge in [-0.15, -0.1) is 0 Å². The highest BCUT2D eigenvalue weighted by Gasteiger charge is 2.20. The molecule has 0 spiro atoms. The van der Waals surface area contributed by atoms with E-state index in [0.29, 0.717) is 11.9 Å². The first-order valence-corrected chi connectivity index (χ1v) is 5.98. The van der Waals surface area contributed by atoms with E-state index in [2.05, 4.69) is 39.8 Å². The minimum Gasteiger partial charge on any atom is -0.382 e. The second-order valence-corrected chi connectivity index (χ2v) is 4.49. The van der Waals surface area contributed by atoms with Gasteiger partial charge in [0.2, 0.25) is 0 Å². The number of nitrogens with two attached hydrogens (primary N) is 1. The summed E-state index contributed by atoms with van der Waals surface area (Å²) in [6, 6.07) is 8.95. The molecule has 4 heteroatoms. The highest BCUT2D eigenvalue weighted by Crippen LogP contribution is 2.33. The van der Waals surface area contributed by atoms with E-state index in [-0.39, 0.29) is 0 Å². The highest BCUT2D eigenvalue weighted by molar-refractivity contribution is 5.61. The Morgan fingerprint density at radius 1 is 1.35 bits per heavy atom. The van der Waals surface area contributed by atoms with E-state index in [0.717, 1.165) is 12.1 Å². The molecule has 1 aliphatic carbocycles. The smallest absolute Gasteiger partial charge is 0.142 e. The number of hydrogen-bond acceptors (Lipinski definition) is 3. The minimum atomic E-state index is 0.347. The molecule has 1 aromatic heterocycles. The summed E-state index contributed by atoms with van der Waals surface area (Å²) < 4.78 is 0. The van der Waals surface area contributed by atoms with Gasteiger partial charge in [0.1, 0.15) is 5.82 Å². The van der Waals surface area contributed by atoms with Gasteiger partial charge in [-0.3, -0.25) is 5.10 Å². The van der Waals surface area contributed by atoms with Crippen LogP contribution in [-0.2, 0) is 6.42 Å². The fraction of sp³-hybridized carbons (Fsp3) is 0.308. The number of aromatic amines is 1. The molecular weight excluding hydrogens is 212 g/mol. The van der Waals surface area contributed by atoms with Crippen LogP contribution in [0.1, 0.15) is 30.0 Å². The lowest BCUT2D eigenvalue weighted by Gasteiger charge is -2.26. The molecular formula is C13H16N4. The maximum absolute atomic E-state index is 5.80. The maximum atomic E-state index is 5.80. The van der Waals surface area contributed by atoms with E-state index in [4.69, 9.17) is 5.73 Å². The second kappa shape index (κ2) is 4.13. The van der Waals surface area contributed by atoms with Crippen LogP contribution in [0.4, 0.5) is 11.5 Å². The van der Waals surface area contributed by atoms with Gasteiger partial charge in [-0.25, -0.2) is 0 Å². The zero-order valence-electron chi connectivity index (χ0n) is 9.61. The number of hydrogen-bond donors (Lipinski definition) is 3. The van der Waals surface area contributed by atoms with Crippen LogP contribution in [0.25, 0.3) is 0 Å². The molecule has 1 atom stereocenters. The average Bonchev–Trinajstić information content (AvgIpc) is 2.76. The number of H-pyrrole nitrogens is 1. The zero-order chi connectivity index (χ0) is 11.7. The van der Waals surface area contributed by atoms with E-state index < -0.39 is 0 Å². The molecule has 1 aromatic carbocycles. The van der Waals surface area contributed by atoms with Crippen LogP contribution in [-0.4, -0.2) is 10.2 Å². The summed E-state index contributed by atoms with van der Waals surface area (Å²) in [4.78, 5) is 0. The molecule has 4 nitrogen and oxygen atoms in total. The molecule has 4 N–H and O–H groups in total. The lowest BCUT2D eigenvalue weighted by atomic mass is 9.87. The quantitative estimate of drug-likeness (QED) is 0.739. The number of benzene rings is 1. The van der Waals surface area contributed by atoms with E-state index in [1.807, 2.05) is 0 Å². The molecule has 0 aliphatic heterocycles. The molecule has 1 aliphatic rings. The number of aromatic nitrogens is 2. The van der Waals surface area contributed by atoms with Crippen LogP contribution < -0.4 is 11.1 Å². The molecule has 3 rings (SSSR count). The summed E-state index contributed by atoms with van der Waals surface area (Å²) in [5.74, 6) is 0.605. The van der Waals surface area contributed by atoms with Crippen molar-refractivity contribution in [2.75, 3.05) is 11.1 Å². The first kappa shape index (κ1) is 10.2. The standard InChI is InChI=1S/C13H16N4/c14-13-12(8-15-17-13)16-11-7-3-5-9-4-1-2-6-10(9)11/h1-2,4,6,8,11,16H,3,5,7H2,(H3,14,15,17). The molecule has 0 amide bonds. The van der Waals surface area contributed by atoms with Gasteiger partial charge in [0, 0.05) is 0 Å². The van der Waals surface area contributed by atoms with Gasteiger partial charge in [-0.2, -0.15) is 5.10 Å². The molecule has 1 unspecified atom stereocenters. The third-order valence-electron chi connectivity index (χ3n) is 3.37. The number of aryl methyl sites for hydroxylation is 1. The average molecular weight is 228 g/mol. The Balaban J connectivity index is 1.88. The Bertz CT molecular complexity index is 518. The number of nitrogens with zero attached hydrogens (tertiary/aromatic N) is 1.